The van der Waals surface area contributed by atoms with Gasteiger partial charge in [-0.2, -0.15) is 0 Å². The molecule has 0 aliphatic rings. The van der Waals surface area contributed by atoms with Gasteiger partial charge in [0.1, 0.15) is 0 Å². The van der Waals surface area contributed by atoms with Crippen LogP contribution in [0.15, 0.2) is 42.5 Å². The fraction of sp³-hybridized carbons (Fsp3) is 0. The van der Waals surface area contributed by atoms with Crippen molar-refractivity contribution in [1.29, 1.82) is 0 Å². The fourth-order valence-corrected chi connectivity index (χ4v) is 1.65. The van der Waals surface area contributed by atoms with E-state index >= 15 is 0 Å². The zero-order valence-electron chi connectivity index (χ0n) is 8.99. The van der Waals surface area contributed by atoms with Crippen LogP contribution in [-0.4, -0.2) is 5.97 Å². The van der Waals surface area contributed by atoms with Crippen LogP contribution >= 0.6 is 23.2 Å². The highest BCUT2D eigenvalue weighted by Gasteiger charge is 2.14. The lowest BCUT2D eigenvalue weighted by molar-refractivity contribution is 0.0728. The van der Waals surface area contributed by atoms with Crippen molar-refractivity contribution >= 4 is 29.2 Å². The Bertz CT molecular complexity index is 562. The Kier molecular flexibility index (Phi) is 3.84. The summed E-state index contributed by atoms with van der Waals surface area (Å²) >= 11 is 11.4. The van der Waals surface area contributed by atoms with Crippen molar-refractivity contribution in [3.05, 3.63) is 63.9 Å². The van der Waals surface area contributed by atoms with Crippen molar-refractivity contribution in [2.75, 3.05) is 0 Å². The number of esters is 1. The largest absolute Gasteiger partial charge is 0.418 e. The van der Waals surface area contributed by atoms with Crippen LogP contribution in [0.2, 0.25) is 10.0 Å². The second kappa shape index (κ2) is 5.38. The standard InChI is InChI=1S/C13H7Cl2FO2/c14-9-6-4-8(5-7-9)13(17)18-12-10(15)2-1-3-11(12)16/h1-7H. The molecule has 0 heterocycles. The summed E-state index contributed by atoms with van der Waals surface area (Å²) in [6.07, 6.45) is 0. The first-order chi connectivity index (χ1) is 8.58. The number of carbonyl (C=O) groups excluding carboxylic acids is 1. The van der Waals surface area contributed by atoms with Crippen molar-refractivity contribution in [2.24, 2.45) is 0 Å². The van der Waals surface area contributed by atoms with Crippen LogP contribution in [0.5, 0.6) is 5.75 Å². The Hall–Kier alpha value is -1.58. The quantitative estimate of drug-likeness (QED) is 0.605. The molecule has 0 unspecified atom stereocenters. The summed E-state index contributed by atoms with van der Waals surface area (Å²) in [4.78, 5) is 11.7. The van der Waals surface area contributed by atoms with Crippen molar-refractivity contribution in [1.82, 2.24) is 0 Å². The molecule has 0 saturated heterocycles. The average molecular weight is 285 g/mol. The smallest absolute Gasteiger partial charge is 0.343 e. The first-order valence-electron chi connectivity index (χ1n) is 4.99. The Morgan fingerprint density at radius 3 is 2.33 bits per heavy atom. The Morgan fingerprint density at radius 2 is 1.72 bits per heavy atom. The topological polar surface area (TPSA) is 26.3 Å². The van der Waals surface area contributed by atoms with Crippen LogP contribution in [0.25, 0.3) is 0 Å². The molecule has 18 heavy (non-hydrogen) atoms. The van der Waals surface area contributed by atoms with E-state index in [0.29, 0.717) is 5.02 Å². The van der Waals surface area contributed by atoms with E-state index in [2.05, 4.69) is 0 Å². The van der Waals surface area contributed by atoms with Crippen LogP contribution in [0.3, 0.4) is 0 Å². The summed E-state index contributed by atoms with van der Waals surface area (Å²) in [5, 5.41) is 0.535. The number of rotatable bonds is 2. The van der Waals surface area contributed by atoms with E-state index in [1.54, 1.807) is 12.1 Å². The molecule has 0 N–H and O–H groups in total. The molecule has 0 bridgehead atoms. The fourth-order valence-electron chi connectivity index (χ4n) is 1.32. The minimum absolute atomic E-state index is 0.0392. The van der Waals surface area contributed by atoms with Crippen molar-refractivity contribution in [3.63, 3.8) is 0 Å². The molecule has 0 atom stereocenters. The van der Waals surface area contributed by atoms with Gasteiger partial charge < -0.3 is 4.74 Å². The van der Waals surface area contributed by atoms with Gasteiger partial charge in [-0.25, -0.2) is 9.18 Å². The molecule has 2 rings (SSSR count). The average Bonchev–Trinajstić information content (AvgIpc) is 2.34. The number of hydrogen-bond acceptors (Lipinski definition) is 2. The molecule has 2 nitrogen and oxygen atoms in total. The normalized spacial score (nSPS) is 10.2. The highest BCUT2D eigenvalue weighted by atomic mass is 35.5. The first kappa shape index (κ1) is 12.9. The van der Waals surface area contributed by atoms with Gasteiger partial charge in [0.25, 0.3) is 0 Å². The number of halogens is 3. The van der Waals surface area contributed by atoms with Gasteiger partial charge in [0.15, 0.2) is 11.6 Å². The zero-order chi connectivity index (χ0) is 13.1. The molecule has 0 aliphatic heterocycles. The van der Waals surface area contributed by atoms with Gasteiger partial charge in [-0.05, 0) is 36.4 Å². The van der Waals surface area contributed by atoms with Gasteiger partial charge in [0.05, 0.1) is 10.6 Å². The lowest BCUT2D eigenvalue weighted by atomic mass is 10.2. The molecule has 2 aromatic rings. The third-order valence-corrected chi connectivity index (χ3v) is 2.74. The van der Waals surface area contributed by atoms with E-state index < -0.39 is 11.8 Å². The zero-order valence-corrected chi connectivity index (χ0v) is 10.5. The summed E-state index contributed by atoms with van der Waals surface area (Å²) in [5.41, 5.74) is 0.263. The highest BCUT2D eigenvalue weighted by Crippen LogP contribution is 2.28. The van der Waals surface area contributed by atoms with Crippen LogP contribution in [0.4, 0.5) is 4.39 Å². The van der Waals surface area contributed by atoms with Gasteiger partial charge >= 0.3 is 5.97 Å². The highest BCUT2D eigenvalue weighted by molar-refractivity contribution is 6.32. The Morgan fingerprint density at radius 1 is 1.06 bits per heavy atom. The molecule has 92 valence electrons. The van der Waals surface area contributed by atoms with Crippen molar-refractivity contribution in [3.8, 4) is 5.75 Å². The van der Waals surface area contributed by atoms with Crippen LogP contribution in [0, 0.1) is 5.82 Å². The molecule has 2 aromatic carbocycles. The molecule has 0 aromatic heterocycles. The summed E-state index contributed by atoms with van der Waals surface area (Å²) in [6.45, 7) is 0. The van der Waals surface area contributed by atoms with E-state index in [0.717, 1.165) is 6.07 Å². The molecule has 0 saturated carbocycles. The molecular formula is C13H7Cl2FO2. The third kappa shape index (κ3) is 2.81. The second-order valence-corrected chi connectivity index (χ2v) is 4.29. The maximum atomic E-state index is 13.4. The summed E-state index contributed by atoms with van der Waals surface area (Å²) in [6, 6.07) is 10.1. The van der Waals surface area contributed by atoms with E-state index in [1.807, 2.05) is 0 Å². The summed E-state index contributed by atoms with van der Waals surface area (Å²) in [5.74, 6) is -1.66. The van der Waals surface area contributed by atoms with E-state index in [9.17, 15) is 9.18 Å². The number of ether oxygens (including phenoxy) is 1. The van der Waals surface area contributed by atoms with Gasteiger partial charge in [-0.3, -0.25) is 0 Å². The Labute approximate surface area is 113 Å². The van der Waals surface area contributed by atoms with E-state index in [4.69, 9.17) is 27.9 Å². The lowest BCUT2D eigenvalue weighted by Gasteiger charge is -2.07. The van der Waals surface area contributed by atoms with Crippen LogP contribution in [0.1, 0.15) is 10.4 Å². The molecule has 0 amide bonds. The monoisotopic (exact) mass is 284 g/mol. The minimum atomic E-state index is -0.696. The Balaban J connectivity index is 2.24. The predicted octanol–water partition coefficient (Wildman–Crippen LogP) is 4.35. The van der Waals surface area contributed by atoms with Crippen molar-refractivity contribution in [2.45, 2.75) is 0 Å². The van der Waals surface area contributed by atoms with Crippen LogP contribution < -0.4 is 4.74 Å². The molecule has 0 fully saturated rings. The number of benzene rings is 2. The lowest BCUT2D eigenvalue weighted by Crippen LogP contribution is -2.09. The van der Waals surface area contributed by atoms with Crippen molar-refractivity contribution < 1.29 is 13.9 Å². The predicted molar refractivity (Wildman–Crippen MR) is 67.8 cm³/mol. The number of carbonyl (C=O) groups is 1. The van der Waals surface area contributed by atoms with Gasteiger partial charge in [0.2, 0.25) is 0 Å². The maximum Gasteiger partial charge on any atom is 0.343 e. The van der Waals surface area contributed by atoms with E-state index in [1.165, 1.54) is 24.3 Å². The summed E-state index contributed by atoms with van der Waals surface area (Å²) in [7, 11) is 0. The summed E-state index contributed by atoms with van der Waals surface area (Å²) < 4.78 is 18.3. The van der Waals surface area contributed by atoms with E-state index in [-0.39, 0.29) is 16.3 Å². The molecular weight excluding hydrogens is 278 g/mol. The van der Waals surface area contributed by atoms with Crippen LogP contribution in [-0.2, 0) is 0 Å². The minimum Gasteiger partial charge on any atom is -0.418 e. The molecule has 5 heteroatoms. The SMILES string of the molecule is O=C(Oc1c(F)cccc1Cl)c1ccc(Cl)cc1. The third-order valence-electron chi connectivity index (χ3n) is 2.19. The molecule has 0 aliphatic carbocycles. The molecule has 0 spiro atoms. The maximum absolute atomic E-state index is 13.4. The van der Waals surface area contributed by atoms with Gasteiger partial charge in [0, 0.05) is 5.02 Å². The number of hydrogen-bond donors (Lipinski definition) is 0. The number of para-hydroxylation sites is 1. The first-order valence-corrected chi connectivity index (χ1v) is 5.75. The second-order valence-electron chi connectivity index (χ2n) is 3.45. The van der Waals surface area contributed by atoms with Gasteiger partial charge in [-0.1, -0.05) is 29.3 Å². The van der Waals surface area contributed by atoms with Gasteiger partial charge in [-0.15, -0.1) is 0 Å². The molecule has 0 radical (unpaired) electrons.